The third kappa shape index (κ3) is 5.97. The van der Waals surface area contributed by atoms with Gasteiger partial charge < -0.3 is 19.9 Å². The molecule has 1 heterocycles. The lowest BCUT2D eigenvalue weighted by atomic mass is 10.1. The van der Waals surface area contributed by atoms with Crippen molar-refractivity contribution < 1.29 is 24.2 Å². The van der Waals surface area contributed by atoms with Crippen molar-refractivity contribution in [3.8, 4) is 0 Å². The number of amides is 1. The van der Waals surface area contributed by atoms with Crippen LogP contribution in [0.3, 0.4) is 0 Å². The Hall–Kier alpha value is -1.14. The number of carbonyl (C=O) groups excluding carboxylic acids is 1. The van der Waals surface area contributed by atoms with Crippen LogP contribution in [0.5, 0.6) is 0 Å². The Labute approximate surface area is 107 Å². The van der Waals surface area contributed by atoms with E-state index in [-0.39, 0.29) is 25.0 Å². The SMILES string of the molecule is CC(OCC1CCCCO1)C(=O)NCCC(=O)O. The van der Waals surface area contributed by atoms with Gasteiger partial charge in [0.2, 0.25) is 5.91 Å². The minimum absolute atomic E-state index is 0.0769. The summed E-state index contributed by atoms with van der Waals surface area (Å²) in [6.45, 7) is 2.95. The van der Waals surface area contributed by atoms with Gasteiger partial charge in [-0.15, -0.1) is 0 Å². The Morgan fingerprint density at radius 2 is 2.28 bits per heavy atom. The average Bonchev–Trinajstić information content (AvgIpc) is 2.36. The van der Waals surface area contributed by atoms with Crippen molar-refractivity contribution in [1.82, 2.24) is 5.32 Å². The molecule has 0 bridgehead atoms. The Kier molecular flexibility index (Phi) is 6.67. The van der Waals surface area contributed by atoms with Gasteiger partial charge in [-0.2, -0.15) is 0 Å². The Bertz CT molecular complexity index is 276. The van der Waals surface area contributed by atoms with Crippen molar-refractivity contribution in [3.63, 3.8) is 0 Å². The highest BCUT2D eigenvalue weighted by molar-refractivity contribution is 5.80. The fraction of sp³-hybridized carbons (Fsp3) is 0.833. The second-order valence-corrected chi connectivity index (χ2v) is 4.40. The van der Waals surface area contributed by atoms with Gasteiger partial charge in [0.1, 0.15) is 6.10 Å². The van der Waals surface area contributed by atoms with Crippen LogP contribution in [0.1, 0.15) is 32.6 Å². The van der Waals surface area contributed by atoms with Crippen molar-refractivity contribution in [2.24, 2.45) is 0 Å². The van der Waals surface area contributed by atoms with E-state index in [1.54, 1.807) is 6.92 Å². The van der Waals surface area contributed by atoms with Gasteiger partial charge in [-0.25, -0.2) is 0 Å². The molecule has 1 amide bonds. The lowest BCUT2D eigenvalue weighted by Gasteiger charge is -2.23. The predicted octanol–water partition coefficient (Wildman–Crippen LogP) is 0.552. The summed E-state index contributed by atoms with van der Waals surface area (Å²) in [4.78, 5) is 21.8. The molecule has 0 aromatic heterocycles. The highest BCUT2D eigenvalue weighted by Gasteiger charge is 2.18. The summed E-state index contributed by atoms with van der Waals surface area (Å²) >= 11 is 0. The molecule has 2 N–H and O–H groups in total. The smallest absolute Gasteiger partial charge is 0.305 e. The normalized spacial score (nSPS) is 21.3. The molecule has 104 valence electrons. The fourth-order valence-electron chi connectivity index (χ4n) is 1.70. The number of nitrogens with one attached hydrogen (secondary N) is 1. The first-order chi connectivity index (χ1) is 8.59. The minimum Gasteiger partial charge on any atom is -0.481 e. The quantitative estimate of drug-likeness (QED) is 0.697. The Morgan fingerprint density at radius 3 is 2.89 bits per heavy atom. The Balaban J connectivity index is 2.12. The predicted molar refractivity (Wildman–Crippen MR) is 64.3 cm³/mol. The van der Waals surface area contributed by atoms with Gasteiger partial charge in [-0.05, 0) is 26.2 Å². The van der Waals surface area contributed by atoms with Crippen LogP contribution in [0, 0.1) is 0 Å². The first-order valence-corrected chi connectivity index (χ1v) is 6.32. The van der Waals surface area contributed by atoms with E-state index < -0.39 is 12.1 Å². The van der Waals surface area contributed by atoms with Gasteiger partial charge in [-0.1, -0.05) is 0 Å². The first-order valence-electron chi connectivity index (χ1n) is 6.32. The third-order valence-electron chi connectivity index (χ3n) is 2.81. The molecule has 0 aliphatic carbocycles. The van der Waals surface area contributed by atoms with Crippen LogP contribution >= 0.6 is 0 Å². The van der Waals surface area contributed by atoms with E-state index in [1.807, 2.05) is 0 Å². The van der Waals surface area contributed by atoms with Gasteiger partial charge in [0, 0.05) is 13.2 Å². The number of rotatable bonds is 7. The van der Waals surface area contributed by atoms with E-state index in [9.17, 15) is 9.59 Å². The molecule has 1 aliphatic heterocycles. The van der Waals surface area contributed by atoms with Gasteiger partial charge in [0.05, 0.1) is 19.1 Å². The zero-order valence-corrected chi connectivity index (χ0v) is 10.7. The topological polar surface area (TPSA) is 84.9 Å². The molecule has 18 heavy (non-hydrogen) atoms. The van der Waals surface area contributed by atoms with E-state index in [4.69, 9.17) is 14.6 Å². The van der Waals surface area contributed by atoms with E-state index in [0.717, 1.165) is 25.9 Å². The summed E-state index contributed by atoms with van der Waals surface area (Å²) in [6.07, 6.45) is 2.60. The monoisotopic (exact) mass is 259 g/mol. The van der Waals surface area contributed by atoms with Crippen molar-refractivity contribution in [3.05, 3.63) is 0 Å². The van der Waals surface area contributed by atoms with E-state index in [0.29, 0.717) is 6.61 Å². The largest absolute Gasteiger partial charge is 0.481 e. The zero-order chi connectivity index (χ0) is 13.4. The van der Waals surface area contributed by atoms with E-state index in [1.165, 1.54) is 0 Å². The molecule has 0 spiro atoms. The highest BCUT2D eigenvalue weighted by atomic mass is 16.5. The summed E-state index contributed by atoms with van der Waals surface area (Å²) in [5.41, 5.74) is 0. The molecule has 0 saturated carbocycles. The standard InChI is InChI=1S/C12H21NO5/c1-9(12(16)13-6-5-11(14)15)18-8-10-4-2-3-7-17-10/h9-10H,2-8H2,1H3,(H,13,16)(H,14,15). The summed E-state index contributed by atoms with van der Waals surface area (Å²) in [5.74, 6) is -1.22. The van der Waals surface area contributed by atoms with Gasteiger partial charge in [0.15, 0.2) is 0 Å². The van der Waals surface area contributed by atoms with Crippen LogP contribution in [-0.4, -0.2) is 48.9 Å². The second kappa shape index (κ2) is 8.05. The molecular formula is C12H21NO5. The van der Waals surface area contributed by atoms with Crippen molar-refractivity contribution in [1.29, 1.82) is 0 Å². The van der Waals surface area contributed by atoms with Crippen molar-refractivity contribution in [2.45, 2.75) is 44.8 Å². The number of hydrogen-bond donors (Lipinski definition) is 2. The molecule has 2 atom stereocenters. The maximum Gasteiger partial charge on any atom is 0.305 e. The lowest BCUT2D eigenvalue weighted by Crippen LogP contribution is -2.37. The number of hydrogen-bond acceptors (Lipinski definition) is 4. The zero-order valence-electron chi connectivity index (χ0n) is 10.7. The van der Waals surface area contributed by atoms with Crippen LogP contribution in [0.25, 0.3) is 0 Å². The molecule has 1 fully saturated rings. The van der Waals surface area contributed by atoms with Gasteiger partial charge in [0.25, 0.3) is 0 Å². The number of carbonyl (C=O) groups is 2. The third-order valence-corrected chi connectivity index (χ3v) is 2.81. The molecule has 1 saturated heterocycles. The Morgan fingerprint density at radius 1 is 1.50 bits per heavy atom. The molecule has 6 nitrogen and oxygen atoms in total. The number of aliphatic carboxylic acids is 1. The van der Waals surface area contributed by atoms with Crippen molar-refractivity contribution >= 4 is 11.9 Å². The molecule has 0 aromatic carbocycles. The second-order valence-electron chi connectivity index (χ2n) is 4.40. The van der Waals surface area contributed by atoms with Crippen LogP contribution in [0.15, 0.2) is 0 Å². The summed E-state index contributed by atoms with van der Waals surface area (Å²) < 4.78 is 10.9. The number of ether oxygens (including phenoxy) is 2. The number of carboxylic acids is 1. The van der Waals surface area contributed by atoms with Crippen LogP contribution < -0.4 is 5.32 Å². The molecular weight excluding hydrogens is 238 g/mol. The molecule has 1 aliphatic rings. The van der Waals surface area contributed by atoms with Gasteiger partial charge >= 0.3 is 5.97 Å². The lowest BCUT2D eigenvalue weighted by molar-refractivity contribution is -0.137. The van der Waals surface area contributed by atoms with Crippen molar-refractivity contribution in [2.75, 3.05) is 19.8 Å². The maximum absolute atomic E-state index is 11.5. The molecule has 0 radical (unpaired) electrons. The maximum atomic E-state index is 11.5. The molecule has 0 aromatic rings. The summed E-state index contributed by atoms with van der Waals surface area (Å²) in [7, 11) is 0. The molecule has 2 unspecified atom stereocenters. The number of carboxylic acid groups (broad SMARTS) is 1. The summed E-state index contributed by atoms with van der Waals surface area (Å²) in [5, 5.41) is 11.0. The summed E-state index contributed by atoms with van der Waals surface area (Å²) in [6, 6.07) is 0. The van der Waals surface area contributed by atoms with E-state index in [2.05, 4.69) is 5.32 Å². The molecule has 1 rings (SSSR count). The minimum atomic E-state index is -0.931. The fourth-order valence-corrected chi connectivity index (χ4v) is 1.70. The van der Waals surface area contributed by atoms with E-state index >= 15 is 0 Å². The highest BCUT2D eigenvalue weighted by Crippen LogP contribution is 2.13. The van der Waals surface area contributed by atoms with Gasteiger partial charge in [-0.3, -0.25) is 9.59 Å². The first kappa shape index (κ1) is 14.9. The van der Waals surface area contributed by atoms with Crippen LogP contribution in [-0.2, 0) is 19.1 Å². The van der Waals surface area contributed by atoms with Crippen LogP contribution in [0.4, 0.5) is 0 Å². The average molecular weight is 259 g/mol. The molecule has 6 heteroatoms. The van der Waals surface area contributed by atoms with Crippen LogP contribution in [0.2, 0.25) is 0 Å².